The number of methoxy groups -OCH3 is 1. The van der Waals surface area contributed by atoms with E-state index >= 15 is 0 Å². The lowest BCUT2D eigenvalue weighted by molar-refractivity contribution is -0.136. The minimum atomic E-state index is -0.492. The standard InChI is InChI=1S/C25H24N2O5S/c1-3-13-32-23-18(9-6-10-20(23)31-2)14-21-24(29)27(25(30)33-21)16-22(28)26-12-11-17-7-4-5-8-19(17)15-26/h3-10,14H,1,11-13,15-16H2,2H3/b21-14-. The van der Waals surface area contributed by atoms with Crippen molar-refractivity contribution in [3.05, 3.63) is 76.7 Å². The predicted molar refractivity (Wildman–Crippen MR) is 127 cm³/mol. The molecule has 2 aliphatic heterocycles. The number of carbonyl (C=O) groups is 3. The van der Waals surface area contributed by atoms with Gasteiger partial charge in [-0.2, -0.15) is 0 Å². The maximum atomic E-state index is 13.0. The number of ether oxygens (including phenoxy) is 2. The Labute approximate surface area is 196 Å². The van der Waals surface area contributed by atoms with Gasteiger partial charge in [0.25, 0.3) is 11.1 Å². The van der Waals surface area contributed by atoms with Crippen molar-refractivity contribution in [2.75, 3.05) is 26.8 Å². The van der Waals surface area contributed by atoms with Gasteiger partial charge in [-0.3, -0.25) is 19.3 Å². The minimum absolute atomic E-state index is 0.230. The lowest BCUT2D eigenvalue weighted by atomic mass is 10.00. The number of amides is 3. The largest absolute Gasteiger partial charge is 0.493 e. The Kier molecular flexibility index (Phi) is 6.84. The number of para-hydroxylation sites is 1. The van der Waals surface area contributed by atoms with Crippen LogP contribution in [0.3, 0.4) is 0 Å². The van der Waals surface area contributed by atoms with Crippen molar-refractivity contribution in [2.45, 2.75) is 13.0 Å². The molecule has 2 heterocycles. The SMILES string of the molecule is C=CCOc1c(/C=C2\SC(=O)N(CC(=O)N3CCc4ccccc4C3)C2=O)cccc1OC. The Morgan fingerprint density at radius 1 is 1.15 bits per heavy atom. The summed E-state index contributed by atoms with van der Waals surface area (Å²) in [7, 11) is 1.53. The molecule has 3 amide bonds. The molecule has 0 aromatic heterocycles. The third-order valence-electron chi connectivity index (χ3n) is 5.51. The number of hydrogen-bond donors (Lipinski definition) is 0. The molecule has 0 spiro atoms. The Morgan fingerprint density at radius 3 is 2.70 bits per heavy atom. The van der Waals surface area contributed by atoms with Crippen molar-refractivity contribution in [3.8, 4) is 11.5 Å². The van der Waals surface area contributed by atoms with Crippen LogP contribution in [-0.4, -0.2) is 53.7 Å². The maximum absolute atomic E-state index is 13.0. The summed E-state index contributed by atoms with van der Waals surface area (Å²) in [6.45, 7) is 4.68. The molecule has 1 fully saturated rings. The summed E-state index contributed by atoms with van der Waals surface area (Å²) in [5.41, 5.74) is 2.92. The highest BCUT2D eigenvalue weighted by Crippen LogP contribution is 2.37. The molecule has 0 unspecified atom stereocenters. The van der Waals surface area contributed by atoms with E-state index in [-0.39, 0.29) is 24.0 Å². The van der Waals surface area contributed by atoms with Crippen LogP contribution in [0.4, 0.5) is 4.79 Å². The average molecular weight is 465 g/mol. The van der Waals surface area contributed by atoms with E-state index in [9.17, 15) is 14.4 Å². The van der Waals surface area contributed by atoms with Crippen LogP contribution in [0.25, 0.3) is 6.08 Å². The van der Waals surface area contributed by atoms with E-state index in [1.54, 1.807) is 35.3 Å². The van der Waals surface area contributed by atoms with Gasteiger partial charge < -0.3 is 14.4 Å². The Hall–Kier alpha value is -3.52. The van der Waals surface area contributed by atoms with Gasteiger partial charge in [0.05, 0.1) is 12.0 Å². The summed E-state index contributed by atoms with van der Waals surface area (Å²) in [5, 5.41) is -0.464. The van der Waals surface area contributed by atoms with Crippen molar-refractivity contribution in [2.24, 2.45) is 0 Å². The third-order valence-corrected chi connectivity index (χ3v) is 6.42. The van der Waals surface area contributed by atoms with E-state index in [0.717, 1.165) is 28.6 Å². The second-order valence-corrected chi connectivity index (χ2v) is 8.57. The topological polar surface area (TPSA) is 76.2 Å². The highest BCUT2D eigenvalue weighted by molar-refractivity contribution is 8.18. The zero-order valence-electron chi connectivity index (χ0n) is 18.3. The van der Waals surface area contributed by atoms with Crippen molar-refractivity contribution in [3.63, 3.8) is 0 Å². The van der Waals surface area contributed by atoms with Crippen LogP contribution in [-0.2, 0) is 22.6 Å². The van der Waals surface area contributed by atoms with Crippen LogP contribution < -0.4 is 9.47 Å². The predicted octanol–water partition coefficient (Wildman–Crippen LogP) is 3.88. The number of fused-ring (bicyclic) bond motifs is 1. The molecule has 0 bridgehead atoms. The monoisotopic (exact) mass is 464 g/mol. The molecule has 0 radical (unpaired) electrons. The number of thioether (sulfide) groups is 1. The first-order valence-electron chi connectivity index (χ1n) is 10.5. The molecule has 4 rings (SSSR count). The van der Waals surface area contributed by atoms with E-state index in [0.29, 0.717) is 30.2 Å². The maximum Gasteiger partial charge on any atom is 0.294 e. The lowest BCUT2D eigenvalue weighted by Crippen LogP contribution is -2.44. The van der Waals surface area contributed by atoms with Gasteiger partial charge in [0.1, 0.15) is 13.2 Å². The molecular formula is C25H24N2O5S. The van der Waals surface area contributed by atoms with E-state index < -0.39 is 11.1 Å². The fourth-order valence-electron chi connectivity index (χ4n) is 3.83. The van der Waals surface area contributed by atoms with Crippen molar-refractivity contribution < 1.29 is 23.9 Å². The van der Waals surface area contributed by atoms with Crippen molar-refractivity contribution in [1.82, 2.24) is 9.80 Å². The number of benzene rings is 2. The van der Waals surface area contributed by atoms with Crippen LogP contribution in [0.5, 0.6) is 11.5 Å². The molecule has 1 saturated heterocycles. The summed E-state index contributed by atoms with van der Waals surface area (Å²) in [6.07, 6.45) is 3.95. The van der Waals surface area contributed by atoms with Gasteiger partial charge in [-0.1, -0.05) is 49.1 Å². The molecule has 2 aromatic carbocycles. The molecule has 0 N–H and O–H groups in total. The van der Waals surface area contributed by atoms with E-state index in [4.69, 9.17) is 9.47 Å². The van der Waals surface area contributed by atoms with Gasteiger partial charge in [-0.15, -0.1) is 0 Å². The van der Waals surface area contributed by atoms with Crippen molar-refractivity contribution in [1.29, 1.82) is 0 Å². The number of carbonyl (C=O) groups excluding carboxylic acids is 3. The van der Waals surface area contributed by atoms with Crippen LogP contribution in [0.15, 0.2) is 60.0 Å². The highest BCUT2D eigenvalue weighted by atomic mass is 32.2. The summed E-state index contributed by atoms with van der Waals surface area (Å²) < 4.78 is 11.1. The molecular weight excluding hydrogens is 440 g/mol. The molecule has 7 nitrogen and oxygen atoms in total. The fraction of sp³-hybridized carbons (Fsp3) is 0.240. The third kappa shape index (κ3) is 4.80. The Bertz CT molecular complexity index is 1140. The quantitative estimate of drug-likeness (QED) is 0.457. The number of nitrogens with zero attached hydrogens (tertiary/aromatic N) is 2. The minimum Gasteiger partial charge on any atom is -0.493 e. The molecule has 33 heavy (non-hydrogen) atoms. The summed E-state index contributed by atoms with van der Waals surface area (Å²) >= 11 is 0.811. The van der Waals surface area contributed by atoms with Gasteiger partial charge in [0.15, 0.2) is 11.5 Å². The molecule has 0 atom stereocenters. The van der Waals surface area contributed by atoms with Gasteiger partial charge in [0.2, 0.25) is 5.91 Å². The number of hydrogen-bond acceptors (Lipinski definition) is 6. The normalized spacial score (nSPS) is 16.7. The molecule has 0 saturated carbocycles. The van der Waals surface area contributed by atoms with Gasteiger partial charge in [0, 0.05) is 18.7 Å². The van der Waals surface area contributed by atoms with Gasteiger partial charge in [-0.05, 0) is 41.5 Å². The van der Waals surface area contributed by atoms with E-state index in [1.165, 1.54) is 12.7 Å². The second-order valence-electron chi connectivity index (χ2n) is 7.58. The number of rotatable bonds is 7. The van der Waals surface area contributed by atoms with E-state index in [1.807, 2.05) is 18.2 Å². The summed E-state index contributed by atoms with van der Waals surface area (Å²) in [5.74, 6) is 0.220. The van der Waals surface area contributed by atoms with Crippen LogP contribution in [0, 0.1) is 0 Å². The Morgan fingerprint density at radius 2 is 1.94 bits per heavy atom. The first-order valence-corrected chi connectivity index (χ1v) is 11.3. The zero-order chi connectivity index (χ0) is 23.4. The van der Waals surface area contributed by atoms with E-state index in [2.05, 4.69) is 12.6 Å². The summed E-state index contributed by atoms with van der Waals surface area (Å²) in [4.78, 5) is 41.4. The smallest absolute Gasteiger partial charge is 0.294 e. The second kappa shape index (κ2) is 9.95. The molecule has 0 aliphatic carbocycles. The van der Waals surface area contributed by atoms with Crippen LogP contribution in [0.2, 0.25) is 0 Å². The first-order chi connectivity index (χ1) is 16.0. The van der Waals surface area contributed by atoms with Gasteiger partial charge in [-0.25, -0.2) is 0 Å². The van der Waals surface area contributed by atoms with Crippen molar-refractivity contribution >= 4 is 34.9 Å². The summed E-state index contributed by atoms with van der Waals surface area (Å²) in [6, 6.07) is 13.3. The average Bonchev–Trinajstić information content (AvgIpc) is 3.09. The molecule has 8 heteroatoms. The lowest BCUT2D eigenvalue weighted by Gasteiger charge is -2.29. The Balaban J connectivity index is 1.50. The fourth-order valence-corrected chi connectivity index (χ4v) is 4.65. The van der Waals surface area contributed by atoms with Crippen LogP contribution >= 0.6 is 11.8 Å². The zero-order valence-corrected chi connectivity index (χ0v) is 19.1. The first kappa shape index (κ1) is 22.7. The molecule has 170 valence electrons. The molecule has 2 aliphatic rings. The highest BCUT2D eigenvalue weighted by Gasteiger charge is 2.37. The molecule has 2 aromatic rings. The number of imide groups is 1. The van der Waals surface area contributed by atoms with Crippen LogP contribution in [0.1, 0.15) is 16.7 Å². The van der Waals surface area contributed by atoms with Gasteiger partial charge >= 0.3 is 0 Å².